The molecule has 2 aromatic rings. The van der Waals surface area contributed by atoms with Crippen molar-refractivity contribution in [3.63, 3.8) is 0 Å². The molecule has 0 heterocycles. The molecule has 0 spiro atoms. The van der Waals surface area contributed by atoms with Crippen LogP contribution >= 0.6 is 0 Å². The van der Waals surface area contributed by atoms with Crippen LogP contribution in [0, 0.1) is 5.41 Å². The molecule has 0 radical (unpaired) electrons. The summed E-state index contributed by atoms with van der Waals surface area (Å²) in [6.07, 6.45) is 1.00. The molecular weight excluding hydrogens is 318 g/mol. The van der Waals surface area contributed by atoms with Gasteiger partial charge >= 0.3 is 0 Å². The van der Waals surface area contributed by atoms with E-state index in [2.05, 4.69) is 108 Å². The molecule has 142 valence electrons. The summed E-state index contributed by atoms with van der Waals surface area (Å²) in [5.74, 6) is 0. The van der Waals surface area contributed by atoms with Gasteiger partial charge in [0.15, 0.2) is 0 Å². The molecule has 0 aliphatic carbocycles. The van der Waals surface area contributed by atoms with Crippen molar-refractivity contribution in [1.29, 1.82) is 0 Å². The lowest BCUT2D eigenvalue weighted by atomic mass is 9.80. The van der Waals surface area contributed by atoms with Gasteiger partial charge in [0.1, 0.15) is 6.10 Å². The van der Waals surface area contributed by atoms with Gasteiger partial charge in [-0.15, -0.1) is 0 Å². The molecule has 0 saturated carbocycles. The summed E-state index contributed by atoms with van der Waals surface area (Å²) in [6.45, 7) is 15.8. The Kier molecular flexibility index (Phi) is 6.65. The molecule has 2 rings (SSSR count). The van der Waals surface area contributed by atoms with E-state index in [-0.39, 0.29) is 23.1 Å². The van der Waals surface area contributed by atoms with E-state index in [9.17, 15) is 0 Å². The molecule has 0 saturated heterocycles. The van der Waals surface area contributed by atoms with Crippen molar-refractivity contribution >= 4 is 0 Å². The van der Waals surface area contributed by atoms with Gasteiger partial charge in [-0.1, -0.05) is 88.4 Å². The molecule has 2 aromatic carbocycles. The first-order valence-corrected chi connectivity index (χ1v) is 9.73. The van der Waals surface area contributed by atoms with E-state index in [0.717, 1.165) is 6.42 Å². The zero-order valence-corrected chi connectivity index (χ0v) is 17.5. The highest BCUT2D eigenvalue weighted by molar-refractivity contribution is 5.22. The van der Waals surface area contributed by atoms with Gasteiger partial charge in [0.25, 0.3) is 0 Å². The van der Waals surface area contributed by atoms with Crippen LogP contribution in [-0.4, -0.2) is 10.6 Å². The Morgan fingerprint density at radius 2 is 1.27 bits per heavy atom. The maximum absolute atomic E-state index is 6.67. The molecule has 2 atom stereocenters. The fourth-order valence-electron chi connectivity index (χ4n) is 3.29. The normalized spacial score (nSPS) is 15.1. The van der Waals surface area contributed by atoms with E-state index in [0.29, 0.717) is 0 Å². The van der Waals surface area contributed by atoms with Crippen LogP contribution in [0.5, 0.6) is 0 Å². The minimum Gasteiger partial charge on any atom is -0.290 e. The fraction of sp³-hybridized carbons (Fsp3) is 0.500. The second-order valence-corrected chi connectivity index (χ2v) is 8.83. The van der Waals surface area contributed by atoms with Crippen molar-refractivity contribution < 1.29 is 4.84 Å². The van der Waals surface area contributed by atoms with E-state index < -0.39 is 0 Å². The first-order valence-electron chi connectivity index (χ1n) is 9.73. The number of hydrogen-bond donors (Lipinski definition) is 0. The quantitative estimate of drug-likeness (QED) is 0.499. The molecule has 2 heteroatoms. The highest BCUT2D eigenvalue weighted by Crippen LogP contribution is 2.43. The average molecular weight is 354 g/mol. The lowest BCUT2D eigenvalue weighted by Gasteiger charge is -2.48. The van der Waals surface area contributed by atoms with Crippen LogP contribution < -0.4 is 0 Å². The molecule has 0 fully saturated rings. The van der Waals surface area contributed by atoms with Crippen molar-refractivity contribution in [3.8, 4) is 0 Å². The van der Waals surface area contributed by atoms with Crippen LogP contribution in [0.2, 0.25) is 0 Å². The minimum absolute atomic E-state index is 0.00409. The summed E-state index contributed by atoms with van der Waals surface area (Å²) in [4.78, 5) is 6.67. The zero-order chi connectivity index (χ0) is 19.4. The van der Waals surface area contributed by atoms with Crippen molar-refractivity contribution in [1.82, 2.24) is 5.06 Å². The second kappa shape index (κ2) is 8.37. The van der Waals surface area contributed by atoms with Gasteiger partial charge in [0, 0.05) is 5.54 Å². The van der Waals surface area contributed by atoms with Crippen molar-refractivity contribution in [3.05, 3.63) is 71.8 Å². The third kappa shape index (κ3) is 4.96. The molecule has 26 heavy (non-hydrogen) atoms. The Morgan fingerprint density at radius 3 is 1.69 bits per heavy atom. The fourth-order valence-corrected chi connectivity index (χ4v) is 3.29. The largest absolute Gasteiger partial charge is 0.290 e. The average Bonchev–Trinajstić information content (AvgIpc) is 2.61. The molecule has 2 nitrogen and oxygen atoms in total. The molecule has 2 unspecified atom stereocenters. The summed E-state index contributed by atoms with van der Waals surface area (Å²) < 4.78 is 0. The third-order valence-electron chi connectivity index (χ3n) is 5.17. The van der Waals surface area contributed by atoms with Gasteiger partial charge in [-0.3, -0.25) is 4.84 Å². The maximum Gasteiger partial charge on any atom is 0.102 e. The number of benzene rings is 2. The summed E-state index contributed by atoms with van der Waals surface area (Å²) in [6, 6.07) is 21.4. The van der Waals surface area contributed by atoms with Crippen molar-refractivity contribution in [2.24, 2.45) is 5.41 Å². The van der Waals surface area contributed by atoms with Crippen LogP contribution in [0.4, 0.5) is 0 Å². The Morgan fingerprint density at radius 1 is 0.808 bits per heavy atom. The van der Waals surface area contributed by atoms with E-state index in [1.165, 1.54) is 11.1 Å². The highest BCUT2D eigenvalue weighted by Gasteiger charge is 2.40. The van der Waals surface area contributed by atoms with Gasteiger partial charge in [-0.25, -0.2) is 0 Å². The maximum atomic E-state index is 6.67. The van der Waals surface area contributed by atoms with Gasteiger partial charge in [-0.2, -0.15) is 5.06 Å². The lowest BCUT2D eigenvalue weighted by molar-refractivity contribution is -0.285. The molecule has 0 aliphatic heterocycles. The number of rotatable bonds is 7. The van der Waals surface area contributed by atoms with Crippen LogP contribution in [0.3, 0.4) is 0 Å². The Labute approximate surface area is 160 Å². The van der Waals surface area contributed by atoms with E-state index >= 15 is 0 Å². The molecule has 0 amide bonds. The van der Waals surface area contributed by atoms with Gasteiger partial charge in [0.05, 0.1) is 6.04 Å². The molecule has 0 aliphatic rings. The number of nitrogens with zero attached hydrogens (tertiary/aromatic N) is 1. The molecule has 0 N–H and O–H groups in total. The third-order valence-corrected chi connectivity index (χ3v) is 5.17. The number of hydrogen-bond acceptors (Lipinski definition) is 2. The number of hydroxylamine groups is 2. The van der Waals surface area contributed by atoms with E-state index in [1.807, 2.05) is 6.07 Å². The molecular formula is C24H35NO. The standard InChI is InChI=1S/C24H35NO/c1-8-24(6,7)25(26-19(2)20-15-11-9-12-16-20)22(23(3,4)5)21-17-13-10-14-18-21/h9-19,22H,8H2,1-7H3. The SMILES string of the molecule is CCC(C)(C)N(OC(C)c1ccccc1)C(c1ccccc1)C(C)(C)C. The van der Waals surface area contributed by atoms with Crippen LogP contribution in [-0.2, 0) is 4.84 Å². The predicted molar refractivity (Wildman–Crippen MR) is 111 cm³/mol. The summed E-state index contributed by atoms with van der Waals surface area (Å²) >= 11 is 0. The monoisotopic (exact) mass is 353 g/mol. The van der Waals surface area contributed by atoms with Gasteiger partial charge < -0.3 is 0 Å². The zero-order valence-electron chi connectivity index (χ0n) is 17.5. The summed E-state index contributed by atoms with van der Waals surface area (Å²) in [7, 11) is 0. The molecule has 0 bridgehead atoms. The highest BCUT2D eigenvalue weighted by atomic mass is 16.7. The summed E-state index contributed by atoms with van der Waals surface area (Å²) in [5, 5.41) is 2.25. The van der Waals surface area contributed by atoms with E-state index in [4.69, 9.17) is 4.84 Å². The second-order valence-electron chi connectivity index (χ2n) is 8.83. The minimum atomic E-state index is -0.0865. The Bertz CT molecular complexity index is 658. The summed E-state index contributed by atoms with van der Waals surface area (Å²) in [5.41, 5.74) is 2.44. The Hall–Kier alpha value is -1.64. The first-order chi connectivity index (χ1) is 12.2. The lowest BCUT2D eigenvalue weighted by Crippen LogP contribution is -2.49. The van der Waals surface area contributed by atoms with Crippen molar-refractivity contribution in [2.45, 2.75) is 72.6 Å². The van der Waals surface area contributed by atoms with Crippen LogP contribution in [0.15, 0.2) is 60.7 Å². The van der Waals surface area contributed by atoms with E-state index in [1.54, 1.807) is 0 Å². The van der Waals surface area contributed by atoms with Crippen LogP contribution in [0.25, 0.3) is 0 Å². The first kappa shape index (κ1) is 20.7. The Balaban J connectivity index is 2.45. The van der Waals surface area contributed by atoms with Crippen molar-refractivity contribution in [2.75, 3.05) is 0 Å². The van der Waals surface area contributed by atoms with Crippen LogP contribution in [0.1, 0.15) is 78.2 Å². The smallest absolute Gasteiger partial charge is 0.102 e. The predicted octanol–water partition coefficient (Wildman–Crippen LogP) is 6.96. The topological polar surface area (TPSA) is 12.5 Å². The molecule has 0 aromatic heterocycles. The van der Waals surface area contributed by atoms with Gasteiger partial charge in [0.2, 0.25) is 0 Å². The van der Waals surface area contributed by atoms with Gasteiger partial charge in [-0.05, 0) is 43.7 Å².